The Hall–Kier alpha value is -0.120. The molecule has 1 aliphatic carbocycles. The summed E-state index contributed by atoms with van der Waals surface area (Å²) in [5, 5.41) is 0. The van der Waals surface area contributed by atoms with Gasteiger partial charge in [0.1, 0.15) is 0 Å². The minimum atomic E-state index is 0.420. The van der Waals surface area contributed by atoms with Gasteiger partial charge in [-0.15, -0.1) is 0 Å². The highest BCUT2D eigenvalue weighted by atomic mass is 15.2. The predicted octanol–water partition coefficient (Wildman–Crippen LogP) is 1.92. The second-order valence-corrected chi connectivity index (χ2v) is 6.74. The maximum absolute atomic E-state index is 6.11. The highest BCUT2D eigenvalue weighted by Gasteiger charge is 2.34. The molecule has 2 aliphatic rings. The molecule has 1 saturated carbocycles. The summed E-state index contributed by atoms with van der Waals surface area (Å²) in [5.41, 5.74) is 6.53. The molecule has 1 atom stereocenters. The molecule has 2 fully saturated rings. The number of piperidine rings is 1. The van der Waals surface area contributed by atoms with Gasteiger partial charge >= 0.3 is 0 Å². The van der Waals surface area contributed by atoms with Crippen molar-refractivity contribution in [3.63, 3.8) is 0 Å². The smallest absolute Gasteiger partial charge is 0.0220 e. The number of hydrogen-bond acceptors (Lipinski definition) is 3. The molecule has 3 heteroatoms. The van der Waals surface area contributed by atoms with Gasteiger partial charge in [0.25, 0.3) is 0 Å². The molecule has 0 amide bonds. The summed E-state index contributed by atoms with van der Waals surface area (Å²) in [7, 11) is 4.56. The monoisotopic (exact) mass is 253 g/mol. The van der Waals surface area contributed by atoms with Crippen LogP contribution in [0, 0.1) is 5.41 Å². The molecule has 0 aromatic heterocycles. The van der Waals surface area contributed by atoms with Crippen molar-refractivity contribution in [2.24, 2.45) is 11.1 Å². The van der Waals surface area contributed by atoms with E-state index in [1.165, 1.54) is 64.6 Å². The highest BCUT2D eigenvalue weighted by molar-refractivity contribution is 4.89. The zero-order valence-corrected chi connectivity index (χ0v) is 12.3. The summed E-state index contributed by atoms with van der Waals surface area (Å²) in [6.07, 6.45) is 9.58. The molecule has 106 valence electrons. The Morgan fingerprint density at radius 2 is 1.94 bits per heavy atom. The topological polar surface area (TPSA) is 32.5 Å². The fourth-order valence-electron chi connectivity index (χ4n) is 3.89. The zero-order valence-electron chi connectivity index (χ0n) is 12.3. The van der Waals surface area contributed by atoms with Crippen LogP contribution in [-0.2, 0) is 0 Å². The Morgan fingerprint density at radius 1 is 1.22 bits per heavy atom. The third kappa shape index (κ3) is 3.46. The van der Waals surface area contributed by atoms with Crippen molar-refractivity contribution in [2.45, 2.75) is 51.0 Å². The largest absolute Gasteiger partial charge is 0.330 e. The normalized spacial score (nSPS) is 29.7. The molecular formula is C15H31N3. The lowest BCUT2D eigenvalue weighted by atomic mass is 9.73. The summed E-state index contributed by atoms with van der Waals surface area (Å²) in [5.74, 6) is 0. The van der Waals surface area contributed by atoms with Crippen LogP contribution in [0.25, 0.3) is 0 Å². The van der Waals surface area contributed by atoms with Crippen molar-refractivity contribution < 1.29 is 0 Å². The quantitative estimate of drug-likeness (QED) is 0.831. The van der Waals surface area contributed by atoms with E-state index >= 15 is 0 Å². The molecule has 0 bridgehead atoms. The Kier molecular flexibility index (Phi) is 5.05. The molecular weight excluding hydrogens is 222 g/mol. The molecule has 0 aromatic rings. The molecule has 0 aromatic carbocycles. The number of likely N-dealkylation sites (N-methyl/N-ethyl adjacent to an activating group) is 2. The summed E-state index contributed by atoms with van der Waals surface area (Å²) >= 11 is 0. The molecule has 0 radical (unpaired) electrons. The lowest BCUT2D eigenvalue weighted by Gasteiger charge is -2.43. The van der Waals surface area contributed by atoms with E-state index in [4.69, 9.17) is 5.73 Å². The average Bonchev–Trinajstić information content (AvgIpc) is 2.40. The van der Waals surface area contributed by atoms with Crippen LogP contribution in [0.5, 0.6) is 0 Å². The first-order valence-electron chi connectivity index (χ1n) is 7.74. The summed E-state index contributed by atoms with van der Waals surface area (Å²) in [6, 6.07) is 0.745. The van der Waals surface area contributed by atoms with E-state index in [0.29, 0.717) is 5.41 Å². The van der Waals surface area contributed by atoms with E-state index in [1.807, 2.05) is 0 Å². The molecule has 3 nitrogen and oxygen atoms in total. The van der Waals surface area contributed by atoms with Gasteiger partial charge < -0.3 is 15.5 Å². The Bertz CT molecular complexity index is 248. The fraction of sp³-hybridized carbons (Fsp3) is 1.00. The molecule has 2 rings (SSSR count). The van der Waals surface area contributed by atoms with Crippen molar-refractivity contribution in [1.82, 2.24) is 9.80 Å². The van der Waals surface area contributed by atoms with Crippen LogP contribution in [-0.4, -0.2) is 56.1 Å². The van der Waals surface area contributed by atoms with Crippen LogP contribution in [0.15, 0.2) is 0 Å². The lowest BCUT2D eigenvalue weighted by Crippen LogP contribution is -2.50. The third-order valence-corrected chi connectivity index (χ3v) is 5.15. The molecule has 1 saturated heterocycles. The van der Waals surface area contributed by atoms with Gasteiger partial charge in [-0.2, -0.15) is 0 Å². The van der Waals surface area contributed by atoms with Crippen molar-refractivity contribution in [2.75, 3.05) is 40.3 Å². The highest BCUT2D eigenvalue weighted by Crippen LogP contribution is 2.36. The number of nitrogens with zero attached hydrogens (tertiary/aromatic N) is 2. The van der Waals surface area contributed by atoms with Gasteiger partial charge in [-0.1, -0.05) is 19.3 Å². The second kappa shape index (κ2) is 6.36. The third-order valence-electron chi connectivity index (χ3n) is 5.15. The number of likely N-dealkylation sites (tertiary alicyclic amines) is 1. The van der Waals surface area contributed by atoms with Gasteiger partial charge in [0.2, 0.25) is 0 Å². The van der Waals surface area contributed by atoms with Crippen LogP contribution in [0.2, 0.25) is 0 Å². The first-order valence-corrected chi connectivity index (χ1v) is 7.74. The van der Waals surface area contributed by atoms with Crippen LogP contribution in [0.4, 0.5) is 0 Å². The van der Waals surface area contributed by atoms with E-state index in [2.05, 4.69) is 23.9 Å². The summed E-state index contributed by atoms with van der Waals surface area (Å²) < 4.78 is 0. The number of rotatable bonds is 4. The van der Waals surface area contributed by atoms with Crippen LogP contribution in [0.3, 0.4) is 0 Å². The van der Waals surface area contributed by atoms with Crippen molar-refractivity contribution >= 4 is 0 Å². The van der Waals surface area contributed by atoms with Crippen molar-refractivity contribution in [3.8, 4) is 0 Å². The fourth-order valence-corrected chi connectivity index (χ4v) is 3.89. The second-order valence-electron chi connectivity index (χ2n) is 6.74. The van der Waals surface area contributed by atoms with E-state index < -0.39 is 0 Å². The van der Waals surface area contributed by atoms with Gasteiger partial charge in [0, 0.05) is 19.1 Å². The number of hydrogen-bond donors (Lipinski definition) is 1. The van der Waals surface area contributed by atoms with Gasteiger partial charge in [-0.3, -0.25) is 0 Å². The first kappa shape index (κ1) is 14.3. The molecule has 1 unspecified atom stereocenters. The van der Waals surface area contributed by atoms with E-state index in [9.17, 15) is 0 Å². The SMILES string of the molecule is CN1CCCC(N(C)CC2(CN)CCCCC2)C1. The van der Waals surface area contributed by atoms with Crippen LogP contribution >= 0.6 is 0 Å². The summed E-state index contributed by atoms with van der Waals surface area (Å²) in [6.45, 7) is 4.59. The first-order chi connectivity index (χ1) is 8.65. The van der Waals surface area contributed by atoms with Gasteiger partial charge in [0.05, 0.1) is 0 Å². The minimum Gasteiger partial charge on any atom is -0.330 e. The maximum Gasteiger partial charge on any atom is 0.0220 e. The molecule has 2 N–H and O–H groups in total. The van der Waals surface area contributed by atoms with Crippen molar-refractivity contribution in [1.29, 1.82) is 0 Å². The maximum atomic E-state index is 6.11. The number of nitrogens with two attached hydrogens (primary N) is 1. The van der Waals surface area contributed by atoms with Crippen LogP contribution in [0.1, 0.15) is 44.9 Å². The van der Waals surface area contributed by atoms with Crippen molar-refractivity contribution in [3.05, 3.63) is 0 Å². The Balaban J connectivity index is 1.89. The molecule has 1 heterocycles. The minimum absolute atomic E-state index is 0.420. The Morgan fingerprint density at radius 3 is 2.56 bits per heavy atom. The zero-order chi connectivity index (χ0) is 13.0. The van der Waals surface area contributed by atoms with Crippen LogP contribution < -0.4 is 5.73 Å². The lowest BCUT2D eigenvalue weighted by molar-refractivity contribution is 0.0687. The molecule has 18 heavy (non-hydrogen) atoms. The van der Waals surface area contributed by atoms with Gasteiger partial charge in [-0.05, 0) is 58.3 Å². The predicted molar refractivity (Wildman–Crippen MR) is 77.7 cm³/mol. The molecule has 0 spiro atoms. The summed E-state index contributed by atoms with van der Waals surface area (Å²) in [4.78, 5) is 5.08. The van der Waals surface area contributed by atoms with Gasteiger partial charge in [-0.25, -0.2) is 0 Å². The molecule has 1 aliphatic heterocycles. The van der Waals surface area contributed by atoms with E-state index in [0.717, 1.165) is 12.6 Å². The van der Waals surface area contributed by atoms with E-state index in [-0.39, 0.29) is 0 Å². The standard InChI is InChI=1S/C15H31N3/c1-17-10-6-7-14(11-17)18(2)13-15(12-16)8-4-3-5-9-15/h14H,3-13,16H2,1-2H3. The average molecular weight is 253 g/mol. The van der Waals surface area contributed by atoms with E-state index in [1.54, 1.807) is 0 Å². The van der Waals surface area contributed by atoms with Gasteiger partial charge in [0.15, 0.2) is 0 Å². The Labute approximate surface area is 113 Å².